The fraction of sp³-hybridized carbons (Fsp3) is 0.625. The number of aryl methyl sites for hydroxylation is 2. The highest BCUT2D eigenvalue weighted by molar-refractivity contribution is 5.46. The lowest BCUT2D eigenvalue weighted by Gasteiger charge is -1.90. The van der Waals surface area contributed by atoms with Gasteiger partial charge in [-0.15, -0.1) is 0 Å². The van der Waals surface area contributed by atoms with Crippen LogP contribution in [-0.2, 0) is 7.05 Å². The van der Waals surface area contributed by atoms with Crippen LogP contribution in [0.2, 0.25) is 0 Å². The summed E-state index contributed by atoms with van der Waals surface area (Å²) in [4.78, 5) is 0. The highest BCUT2D eigenvalue weighted by atomic mass is 15.3. The van der Waals surface area contributed by atoms with Gasteiger partial charge in [-0.25, -0.2) is 0 Å². The van der Waals surface area contributed by atoms with Crippen molar-refractivity contribution in [2.24, 2.45) is 7.05 Å². The SMILES string of the molecule is CC.Cc1nn(C)c(C)c1N. The fourth-order valence-electron chi connectivity index (χ4n) is 0.790. The lowest BCUT2D eigenvalue weighted by Crippen LogP contribution is -1.93. The van der Waals surface area contributed by atoms with Gasteiger partial charge in [0.05, 0.1) is 17.1 Å². The second kappa shape index (κ2) is 4.01. The Morgan fingerprint density at radius 1 is 1.27 bits per heavy atom. The number of hydrogen-bond donors (Lipinski definition) is 1. The van der Waals surface area contributed by atoms with Crippen LogP contribution < -0.4 is 5.73 Å². The van der Waals surface area contributed by atoms with Crippen molar-refractivity contribution in [2.45, 2.75) is 27.7 Å². The molecule has 2 N–H and O–H groups in total. The smallest absolute Gasteiger partial charge is 0.0825 e. The zero-order chi connectivity index (χ0) is 9.02. The summed E-state index contributed by atoms with van der Waals surface area (Å²) >= 11 is 0. The number of anilines is 1. The lowest BCUT2D eigenvalue weighted by molar-refractivity contribution is 0.731. The Hall–Kier alpha value is -0.990. The highest BCUT2D eigenvalue weighted by Gasteiger charge is 2.02. The molecule has 0 aliphatic rings. The molecule has 1 aromatic rings. The molecule has 1 aromatic heterocycles. The summed E-state index contributed by atoms with van der Waals surface area (Å²) < 4.78 is 1.78. The van der Waals surface area contributed by atoms with E-state index in [-0.39, 0.29) is 0 Å². The number of hydrogen-bond acceptors (Lipinski definition) is 2. The van der Waals surface area contributed by atoms with Gasteiger partial charge in [0.1, 0.15) is 0 Å². The molecular formula is C8H17N3. The largest absolute Gasteiger partial charge is 0.396 e. The van der Waals surface area contributed by atoms with Gasteiger partial charge in [0.2, 0.25) is 0 Å². The summed E-state index contributed by atoms with van der Waals surface area (Å²) in [6.07, 6.45) is 0. The van der Waals surface area contributed by atoms with Crippen LogP contribution in [0.5, 0.6) is 0 Å². The number of nitrogens with two attached hydrogens (primary N) is 1. The fourth-order valence-corrected chi connectivity index (χ4v) is 0.790. The minimum Gasteiger partial charge on any atom is -0.396 e. The van der Waals surface area contributed by atoms with Crippen molar-refractivity contribution in [3.05, 3.63) is 11.4 Å². The first-order chi connectivity index (χ1) is 5.13. The second-order valence-corrected chi connectivity index (χ2v) is 2.21. The van der Waals surface area contributed by atoms with Crippen molar-refractivity contribution in [1.29, 1.82) is 0 Å². The molecule has 0 amide bonds. The van der Waals surface area contributed by atoms with E-state index in [0.717, 1.165) is 17.1 Å². The molecule has 0 saturated carbocycles. The molecule has 0 bridgehead atoms. The Kier molecular flexibility index (Phi) is 3.65. The molecule has 1 heterocycles. The summed E-state index contributed by atoms with van der Waals surface area (Å²) in [5, 5.41) is 4.10. The van der Waals surface area contributed by atoms with Crippen molar-refractivity contribution >= 4 is 5.69 Å². The Morgan fingerprint density at radius 3 is 1.82 bits per heavy atom. The van der Waals surface area contributed by atoms with Gasteiger partial charge < -0.3 is 5.73 Å². The van der Waals surface area contributed by atoms with Crippen LogP contribution in [0.3, 0.4) is 0 Å². The van der Waals surface area contributed by atoms with Gasteiger partial charge in [0.15, 0.2) is 0 Å². The van der Waals surface area contributed by atoms with Gasteiger partial charge in [0, 0.05) is 7.05 Å². The maximum atomic E-state index is 5.62. The molecule has 0 fully saturated rings. The first kappa shape index (κ1) is 10.0. The van der Waals surface area contributed by atoms with Crippen LogP contribution in [0.25, 0.3) is 0 Å². The number of rotatable bonds is 0. The first-order valence-electron chi connectivity index (χ1n) is 3.88. The van der Waals surface area contributed by atoms with Gasteiger partial charge in [0.25, 0.3) is 0 Å². The Bertz CT molecular complexity index is 203. The second-order valence-electron chi connectivity index (χ2n) is 2.21. The average molecular weight is 155 g/mol. The molecule has 0 spiro atoms. The lowest BCUT2D eigenvalue weighted by atomic mass is 10.3. The maximum Gasteiger partial charge on any atom is 0.0825 e. The molecule has 11 heavy (non-hydrogen) atoms. The molecule has 3 heteroatoms. The zero-order valence-electron chi connectivity index (χ0n) is 7.97. The molecule has 0 atom stereocenters. The van der Waals surface area contributed by atoms with Gasteiger partial charge in [-0.1, -0.05) is 13.8 Å². The molecule has 0 aromatic carbocycles. The summed E-state index contributed by atoms with van der Waals surface area (Å²) in [6, 6.07) is 0. The van der Waals surface area contributed by atoms with Crippen LogP contribution >= 0.6 is 0 Å². The van der Waals surface area contributed by atoms with Gasteiger partial charge in [-0.2, -0.15) is 5.10 Å². The predicted octanol–water partition coefficient (Wildman–Crippen LogP) is 1.65. The highest BCUT2D eigenvalue weighted by Crippen LogP contribution is 2.12. The minimum absolute atomic E-state index is 0.803. The summed E-state index contributed by atoms with van der Waals surface area (Å²) in [6.45, 7) is 7.86. The van der Waals surface area contributed by atoms with Crippen molar-refractivity contribution in [2.75, 3.05) is 5.73 Å². The molecule has 1 rings (SSSR count). The molecule has 0 aliphatic carbocycles. The maximum absolute atomic E-state index is 5.62. The topological polar surface area (TPSA) is 43.8 Å². The van der Waals surface area contributed by atoms with Gasteiger partial charge >= 0.3 is 0 Å². The van der Waals surface area contributed by atoms with Crippen LogP contribution in [0, 0.1) is 13.8 Å². The third-order valence-corrected chi connectivity index (χ3v) is 1.56. The standard InChI is InChI=1S/C6H11N3.C2H6/c1-4-6(7)5(2)9(3)8-4;1-2/h7H2,1-3H3;1-2H3. The number of nitrogen functional groups attached to an aromatic ring is 1. The van der Waals surface area contributed by atoms with Crippen LogP contribution in [-0.4, -0.2) is 9.78 Å². The van der Waals surface area contributed by atoms with E-state index in [9.17, 15) is 0 Å². The van der Waals surface area contributed by atoms with Crippen molar-refractivity contribution < 1.29 is 0 Å². The van der Waals surface area contributed by atoms with E-state index in [1.54, 1.807) is 4.68 Å². The summed E-state index contributed by atoms with van der Waals surface area (Å²) in [5.74, 6) is 0. The van der Waals surface area contributed by atoms with Crippen molar-refractivity contribution in [1.82, 2.24) is 9.78 Å². The molecule has 64 valence electrons. The van der Waals surface area contributed by atoms with E-state index in [1.807, 2.05) is 34.7 Å². The van der Waals surface area contributed by atoms with E-state index in [1.165, 1.54) is 0 Å². The number of aromatic nitrogens is 2. The normalized spacial score (nSPS) is 8.82. The van der Waals surface area contributed by atoms with Gasteiger partial charge in [-0.05, 0) is 13.8 Å². The van der Waals surface area contributed by atoms with Crippen LogP contribution in [0.15, 0.2) is 0 Å². The minimum atomic E-state index is 0.803. The molecule has 0 aliphatic heterocycles. The Morgan fingerprint density at radius 2 is 1.73 bits per heavy atom. The van der Waals surface area contributed by atoms with E-state index >= 15 is 0 Å². The van der Waals surface area contributed by atoms with Crippen molar-refractivity contribution in [3.8, 4) is 0 Å². The predicted molar refractivity (Wildman–Crippen MR) is 48.4 cm³/mol. The average Bonchev–Trinajstić information content (AvgIpc) is 2.22. The molecule has 0 radical (unpaired) electrons. The number of nitrogens with zero attached hydrogens (tertiary/aromatic N) is 2. The molecule has 3 nitrogen and oxygen atoms in total. The van der Waals surface area contributed by atoms with Crippen LogP contribution in [0.1, 0.15) is 25.2 Å². The summed E-state index contributed by atoms with van der Waals surface area (Å²) in [5.41, 5.74) is 8.37. The molecular weight excluding hydrogens is 138 g/mol. The Balaban J connectivity index is 0.000000461. The third kappa shape index (κ3) is 1.97. The Labute approximate surface area is 68.2 Å². The summed E-state index contributed by atoms with van der Waals surface area (Å²) in [7, 11) is 1.89. The van der Waals surface area contributed by atoms with Gasteiger partial charge in [-0.3, -0.25) is 4.68 Å². The van der Waals surface area contributed by atoms with E-state index in [4.69, 9.17) is 5.73 Å². The third-order valence-electron chi connectivity index (χ3n) is 1.56. The van der Waals surface area contributed by atoms with Crippen molar-refractivity contribution in [3.63, 3.8) is 0 Å². The monoisotopic (exact) mass is 155 g/mol. The van der Waals surface area contributed by atoms with E-state index < -0.39 is 0 Å². The van der Waals surface area contributed by atoms with E-state index in [0.29, 0.717) is 0 Å². The molecule has 0 unspecified atom stereocenters. The molecule has 0 saturated heterocycles. The first-order valence-corrected chi connectivity index (χ1v) is 3.88. The zero-order valence-corrected chi connectivity index (χ0v) is 7.97. The van der Waals surface area contributed by atoms with Crippen LogP contribution in [0.4, 0.5) is 5.69 Å². The van der Waals surface area contributed by atoms with E-state index in [2.05, 4.69) is 5.10 Å². The quantitative estimate of drug-likeness (QED) is 0.619.